The van der Waals surface area contributed by atoms with Crippen molar-refractivity contribution in [2.24, 2.45) is 0 Å². The van der Waals surface area contributed by atoms with Crippen LogP contribution in [0, 0.1) is 12.7 Å². The Labute approximate surface area is 145 Å². The predicted octanol–water partition coefficient (Wildman–Crippen LogP) is 4.59. The van der Waals surface area contributed by atoms with Crippen LogP contribution in [0.3, 0.4) is 0 Å². The molecule has 0 saturated carbocycles. The lowest BCUT2D eigenvalue weighted by atomic mass is 10.1. The van der Waals surface area contributed by atoms with Crippen LogP contribution in [-0.2, 0) is 4.79 Å². The molecule has 128 valence electrons. The van der Waals surface area contributed by atoms with Crippen molar-refractivity contribution in [3.63, 3.8) is 0 Å². The first kappa shape index (κ1) is 18.1. The van der Waals surface area contributed by atoms with E-state index in [0.717, 1.165) is 5.56 Å². The second-order valence-corrected chi connectivity index (χ2v) is 6.23. The standard InChI is InChI=1S/C18H19ClFNO3/c1-11-9-15(16(23-4)10-14(11)19)21-17(22)18(2,3)24-13-7-5-12(20)6-8-13/h5-10H,1-4H3,(H,21,22). The van der Waals surface area contributed by atoms with Gasteiger partial charge in [-0.25, -0.2) is 4.39 Å². The van der Waals surface area contributed by atoms with Gasteiger partial charge >= 0.3 is 0 Å². The second-order valence-electron chi connectivity index (χ2n) is 5.82. The molecule has 24 heavy (non-hydrogen) atoms. The molecule has 1 N–H and O–H groups in total. The summed E-state index contributed by atoms with van der Waals surface area (Å²) < 4.78 is 23.9. The first-order valence-corrected chi connectivity index (χ1v) is 7.71. The highest BCUT2D eigenvalue weighted by Gasteiger charge is 2.30. The molecule has 0 aliphatic carbocycles. The molecule has 0 atom stereocenters. The van der Waals surface area contributed by atoms with Gasteiger partial charge in [0.2, 0.25) is 0 Å². The molecule has 0 bridgehead atoms. The minimum atomic E-state index is -1.17. The highest BCUT2D eigenvalue weighted by Crippen LogP contribution is 2.32. The zero-order chi connectivity index (χ0) is 17.9. The predicted molar refractivity (Wildman–Crippen MR) is 92.5 cm³/mol. The number of anilines is 1. The molecule has 0 unspecified atom stereocenters. The van der Waals surface area contributed by atoms with Gasteiger partial charge in [0.1, 0.15) is 17.3 Å². The fourth-order valence-electron chi connectivity index (χ4n) is 2.05. The van der Waals surface area contributed by atoms with Gasteiger partial charge in [0.25, 0.3) is 5.91 Å². The lowest BCUT2D eigenvalue weighted by Crippen LogP contribution is -2.42. The van der Waals surface area contributed by atoms with E-state index in [2.05, 4.69) is 5.32 Å². The van der Waals surface area contributed by atoms with Gasteiger partial charge in [0.05, 0.1) is 12.8 Å². The summed E-state index contributed by atoms with van der Waals surface area (Å²) in [6.07, 6.45) is 0. The number of hydrogen-bond donors (Lipinski definition) is 1. The van der Waals surface area contributed by atoms with Gasteiger partial charge in [-0.05, 0) is 56.7 Å². The summed E-state index contributed by atoms with van der Waals surface area (Å²) in [6.45, 7) is 5.08. The molecular formula is C18H19ClFNO3. The van der Waals surface area contributed by atoms with Crippen LogP contribution >= 0.6 is 11.6 Å². The highest BCUT2D eigenvalue weighted by atomic mass is 35.5. The monoisotopic (exact) mass is 351 g/mol. The van der Waals surface area contributed by atoms with E-state index in [1.165, 1.54) is 31.4 Å². The molecule has 2 aromatic carbocycles. The Morgan fingerprint density at radius 3 is 2.42 bits per heavy atom. The number of rotatable bonds is 5. The fraction of sp³-hybridized carbons (Fsp3) is 0.278. The number of benzene rings is 2. The Balaban J connectivity index is 2.18. The molecule has 0 aliphatic heterocycles. The molecule has 2 rings (SSSR count). The van der Waals surface area contributed by atoms with E-state index in [4.69, 9.17) is 21.1 Å². The summed E-state index contributed by atoms with van der Waals surface area (Å²) in [6, 6.07) is 8.85. The highest BCUT2D eigenvalue weighted by molar-refractivity contribution is 6.31. The van der Waals surface area contributed by atoms with E-state index < -0.39 is 5.60 Å². The molecule has 4 nitrogen and oxygen atoms in total. The zero-order valence-corrected chi connectivity index (χ0v) is 14.7. The number of carbonyl (C=O) groups is 1. The van der Waals surface area contributed by atoms with Crippen LogP contribution in [0.15, 0.2) is 36.4 Å². The summed E-state index contributed by atoms with van der Waals surface area (Å²) in [7, 11) is 1.50. The van der Waals surface area contributed by atoms with Gasteiger partial charge in [0, 0.05) is 11.1 Å². The number of hydrogen-bond acceptors (Lipinski definition) is 3. The minimum absolute atomic E-state index is 0.369. The number of nitrogens with one attached hydrogen (secondary N) is 1. The quantitative estimate of drug-likeness (QED) is 0.856. The van der Waals surface area contributed by atoms with Crippen molar-refractivity contribution in [1.29, 1.82) is 0 Å². The van der Waals surface area contributed by atoms with E-state index >= 15 is 0 Å². The number of ether oxygens (including phenoxy) is 2. The molecule has 2 aromatic rings. The molecule has 0 aliphatic rings. The van der Waals surface area contributed by atoms with Crippen LogP contribution in [-0.4, -0.2) is 18.6 Å². The zero-order valence-electron chi connectivity index (χ0n) is 13.9. The molecular weight excluding hydrogens is 333 g/mol. The Hall–Kier alpha value is -2.27. The maximum atomic E-state index is 13.0. The van der Waals surface area contributed by atoms with E-state index in [9.17, 15) is 9.18 Å². The molecule has 0 aromatic heterocycles. The molecule has 6 heteroatoms. The first-order valence-electron chi connectivity index (χ1n) is 7.33. The third-order valence-corrected chi connectivity index (χ3v) is 3.87. The SMILES string of the molecule is COc1cc(Cl)c(C)cc1NC(=O)C(C)(C)Oc1ccc(F)cc1. The van der Waals surface area contributed by atoms with Crippen LogP contribution in [0.4, 0.5) is 10.1 Å². The molecule has 0 heterocycles. The number of halogens is 2. The maximum absolute atomic E-state index is 13.0. The molecule has 0 radical (unpaired) electrons. The summed E-state index contributed by atoms with van der Waals surface area (Å²) in [5.74, 6) is 0.116. The van der Waals surface area contributed by atoms with Gasteiger partial charge < -0.3 is 14.8 Å². The Kier molecular flexibility index (Phi) is 5.34. The number of amides is 1. The third kappa shape index (κ3) is 4.17. The van der Waals surface area contributed by atoms with Crippen molar-refractivity contribution >= 4 is 23.2 Å². The Morgan fingerprint density at radius 1 is 1.21 bits per heavy atom. The van der Waals surface area contributed by atoms with Crippen LogP contribution in [0.25, 0.3) is 0 Å². The van der Waals surface area contributed by atoms with Crippen LogP contribution in [0.2, 0.25) is 5.02 Å². The van der Waals surface area contributed by atoms with Crippen molar-refractivity contribution in [2.75, 3.05) is 12.4 Å². The van der Waals surface area contributed by atoms with Crippen molar-refractivity contribution in [3.8, 4) is 11.5 Å². The summed E-state index contributed by atoms with van der Waals surface area (Å²) >= 11 is 6.06. The van der Waals surface area contributed by atoms with Crippen molar-refractivity contribution in [3.05, 3.63) is 52.8 Å². The topological polar surface area (TPSA) is 47.6 Å². The van der Waals surface area contributed by atoms with Crippen LogP contribution < -0.4 is 14.8 Å². The number of carbonyl (C=O) groups excluding carboxylic acids is 1. The van der Waals surface area contributed by atoms with E-state index in [1.807, 2.05) is 6.92 Å². The lowest BCUT2D eigenvalue weighted by molar-refractivity contribution is -0.128. The van der Waals surface area contributed by atoms with Crippen molar-refractivity contribution in [2.45, 2.75) is 26.4 Å². The van der Waals surface area contributed by atoms with Crippen LogP contribution in [0.1, 0.15) is 19.4 Å². The van der Waals surface area contributed by atoms with Gasteiger partial charge in [0.15, 0.2) is 5.60 Å². The molecule has 0 fully saturated rings. The number of methoxy groups -OCH3 is 1. The Bertz CT molecular complexity index is 745. The van der Waals surface area contributed by atoms with E-state index in [0.29, 0.717) is 22.2 Å². The molecule has 1 amide bonds. The first-order chi connectivity index (χ1) is 11.2. The molecule has 0 spiro atoms. The summed E-state index contributed by atoms with van der Waals surface area (Å²) in [5.41, 5.74) is 0.140. The average molecular weight is 352 g/mol. The molecule has 0 saturated heterocycles. The van der Waals surface area contributed by atoms with Gasteiger partial charge in [-0.1, -0.05) is 11.6 Å². The van der Waals surface area contributed by atoms with Crippen molar-refractivity contribution < 1.29 is 18.7 Å². The minimum Gasteiger partial charge on any atom is -0.495 e. The normalized spacial score (nSPS) is 11.1. The Morgan fingerprint density at radius 2 is 1.83 bits per heavy atom. The van der Waals surface area contributed by atoms with E-state index in [-0.39, 0.29) is 11.7 Å². The van der Waals surface area contributed by atoms with Gasteiger partial charge in [-0.3, -0.25) is 4.79 Å². The average Bonchev–Trinajstić information content (AvgIpc) is 2.52. The number of aryl methyl sites for hydroxylation is 1. The second kappa shape index (κ2) is 7.09. The largest absolute Gasteiger partial charge is 0.495 e. The fourth-order valence-corrected chi connectivity index (χ4v) is 2.20. The van der Waals surface area contributed by atoms with E-state index in [1.54, 1.807) is 26.0 Å². The lowest BCUT2D eigenvalue weighted by Gasteiger charge is -2.26. The van der Waals surface area contributed by atoms with Gasteiger partial charge in [-0.15, -0.1) is 0 Å². The smallest absolute Gasteiger partial charge is 0.268 e. The summed E-state index contributed by atoms with van der Waals surface area (Å²) in [4.78, 5) is 12.6. The van der Waals surface area contributed by atoms with Crippen LogP contribution in [0.5, 0.6) is 11.5 Å². The van der Waals surface area contributed by atoms with Gasteiger partial charge in [-0.2, -0.15) is 0 Å². The van der Waals surface area contributed by atoms with Crippen molar-refractivity contribution in [1.82, 2.24) is 0 Å². The summed E-state index contributed by atoms with van der Waals surface area (Å²) in [5, 5.41) is 3.33. The maximum Gasteiger partial charge on any atom is 0.268 e. The third-order valence-electron chi connectivity index (χ3n) is 3.46.